The second-order valence-electron chi connectivity index (χ2n) is 6.22. The molecule has 2 aromatic carbocycles. The van der Waals surface area contributed by atoms with Crippen LogP contribution in [0.25, 0.3) is 0 Å². The molecule has 0 unspecified atom stereocenters. The maximum Gasteiger partial charge on any atom is 0.123 e. The Balaban J connectivity index is 1.61. The third kappa shape index (κ3) is 5.33. The Labute approximate surface area is 158 Å². The molecule has 0 atom stereocenters. The number of likely N-dealkylation sites (N-methyl/N-ethyl adjacent to an activating group) is 1. The molecule has 0 amide bonds. The number of hydrogen-bond acceptors (Lipinski definition) is 2. The maximum atomic E-state index is 6.10. The minimum atomic E-state index is 0.657. The molecule has 0 spiro atoms. The summed E-state index contributed by atoms with van der Waals surface area (Å²) in [4.78, 5) is 6.80. The van der Waals surface area contributed by atoms with E-state index in [1.54, 1.807) is 6.07 Å². The number of nitrogens with zero attached hydrogens (tertiary/aromatic N) is 3. The van der Waals surface area contributed by atoms with Crippen LogP contribution in [-0.4, -0.2) is 28.0 Å². The van der Waals surface area contributed by atoms with Gasteiger partial charge in [0.1, 0.15) is 5.82 Å². The van der Waals surface area contributed by atoms with E-state index < -0.39 is 0 Å². The number of benzene rings is 2. The molecule has 0 radical (unpaired) electrons. The Bertz CT molecular complexity index is 795. The molecule has 0 aliphatic heterocycles. The zero-order valence-corrected chi connectivity index (χ0v) is 15.7. The zero-order valence-electron chi connectivity index (χ0n) is 14.2. The van der Waals surface area contributed by atoms with E-state index in [1.807, 2.05) is 30.6 Å². The monoisotopic (exact) mass is 373 g/mol. The smallest absolute Gasteiger partial charge is 0.123 e. The van der Waals surface area contributed by atoms with E-state index in [1.165, 1.54) is 5.56 Å². The van der Waals surface area contributed by atoms with Gasteiger partial charge in [-0.15, -0.1) is 0 Å². The molecule has 0 bridgehead atoms. The summed E-state index contributed by atoms with van der Waals surface area (Å²) in [6.45, 7) is 2.50. The van der Waals surface area contributed by atoms with Gasteiger partial charge >= 0.3 is 0 Å². The zero-order chi connectivity index (χ0) is 17.6. The number of aromatic nitrogens is 2. The Morgan fingerprint density at radius 2 is 1.72 bits per heavy atom. The van der Waals surface area contributed by atoms with Crippen molar-refractivity contribution in [3.8, 4) is 0 Å². The highest BCUT2D eigenvalue weighted by Crippen LogP contribution is 2.20. The first-order valence-electron chi connectivity index (χ1n) is 8.27. The van der Waals surface area contributed by atoms with Crippen molar-refractivity contribution in [1.82, 2.24) is 14.5 Å². The second-order valence-corrected chi connectivity index (χ2v) is 7.10. The van der Waals surface area contributed by atoms with Gasteiger partial charge in [-0.2, -0.15) is 0 Å². The molecule has 5 heteroatoms. The van der Waals surface area contributed by atoms with Gasteiger partial charge in [0, 0.05) is 35.5 Å². The molecule has 0 aliphatic carbocycles. The number of halogens is 2. The SMILES string of the molecule is CN(CCc1ccccc1)Cc1nccn1Cc1cc(Cl)cc(Cl)c1. The van der Waals surface area contributed by atoms with Crippen molar-refractivity contribution in [2.24, 2.45) is 0 Å². The van der Waals surface area contributed by atoms with Gasteiger partial charge < -0.3 is 4.57 Å². The number of hydrogen-bond donors (Lipinski definition) is 0. The first-order chi connectivity index (χ1) is 12.1. The van der Waals surface area contributed by atoms with Crippen molar-refractivity contribution in [1.29, 1.82) is 0 Å². The van der Waals surface area contributed by atoms with Gasteiger partial charge in [0.25, 0.3) is 0 Å². The Kier molecular flexibility index (Phi) is 6.14. The summed E-state index contributed by atoms with van der Waals surface area (Å²) in [5, 5.41) is 1.31. The van der Waals surface area contributed by atoms with Gasteiger partial charge in [0.05, 0.1) is 6.54 Å². The van der Waals surface area contributed by atoms with Crippen LogP contribution in [0.15, 0.2) is 60.9 Å². The third-order valence-corrected chi connectivity index (χ3v) is 4.55. The molecule has 1 heterocycles. The molecular formula is C20H21Cl2N3. The van der Waals surface area contributed by atoms with Crippen LogP contribution < -0.4 is 0 Å². The lowest BCUT2D eigenvalue weighted by Gasteiger charge is -2.17. The molecule has 3 aromatic rings. The third-order valence-electron chi connectivity index (χ3n) is 4.11. The lowest BCUT2D eigenvalue weighted by Crippen LogP contribution is -2.23. The Morgan fingerprint density at radius 3 is 2.44 bits per heavy atom. The predicted molar refractivity (Wildman–Crippen MR) is 104 cm³/mol. The van der Waals surface area contributed by atoms with Crippen LogP contribution in [0.1, 0.15) is 17.0 Å². The van der Waals surface area contributed by atoms with Crippen molar-refractivity contribution in [2.45, 2.75) is 19.5 Å². The van der Waals surface area contributed by atoms with Gasteiger partial charge in [-0.25, -0.2) is 4.98 Å². The van der Waals surface area contributed by atoms with Crippen LogP contribution in [0.5, 0.6) is 0 Å². The largest absolute Gasteiger partial charge is 0.329 e. The van der Waals surface area contributed by atoms with Gasteiger partial charge in [-0.1, -0.05) is 53.5 Å². The molecular weight excluding hydrogens is 353 g/mol. The van der Waals surface area contributed by atoms with Crippen LogP contribution in [0.2, 0.25) is 10.0 Å². The minimum absolute atomic E-state index is 0.657. The molecule has 3 nitrogen and oxygen atoms in total. The van der Waals surface area contributed by atoms with Crippen molar-refractivity contribution in [2.75, 3.05) is 13.6 Å². The van der Waals surface area contributed by atoms with Crippen LogP contribution in [0.4, 0.5) is 0 Å². The summed E-state index contributed by atoms with van der Waals surface area (Å²) < 4.78 is 2.14. The molecule has 1 aromatic heterocycles. The molecule has 0 fully saturated rings. The van der Waals surface area contributed by atoms with Crippen molar-refractivity contribution < 1.29 is 0 Å². The fraction of sp³-hybridized carbons (Fsp3) is 0.250. The second kappa shape index (κ2) is 8.52. The number of imidazole rings is 1. The minimum Gasteiger partial charge on any atom is -0.329 e. The van der Waals surface area contributed by atoms with Crippen LogP contribution in [0, 0.1) is 0 Å². The van der Waals surface area contributed by atoms with E-state index in [9.17, 15) is 0 Å². The summed E-state index contributed by atoms with van der Waals surface area (Å²) in [6.07, 6.45) is 4.86. The number of rotatable bonds is 7. The van der Waals surface area contributed by atoms with E-state index in [0.29, 0.717) is 16.6 Å². The fourth-order valence-corrected chi connectivity index (χ4v) is 3.39. The lowest BCUT2D eigenvalue weighted by molar-refractivity contribution is 0.317. The summed E-state index contributed by atoms with van der Waals surface area (Å²) in [7, 11) is 2.12. The van der Waals surface area contributed by atoms with E-state index in [-0.39, 0.29) is 0 Å². The van der Waals surface area contributed by atoms with Gasteiger partial charge in [0.15, 0.2) is 0 Å². The molecule has 0 saturated heterocycles. The first kappa shape index (κ1) is 18.0. The lowest BCUT2D eigenvalue weighted by atomic mass is 10.1. The van der Waals surface area contributed by atoms with E-state index in [2.05, 4.69) is 45.8 Å². The molecule has 3 rings (SSSR count). The molecule has 130 valence electrons. The molecule has 0 N–H and O–H groups in total. The summed E-state index contributed by atoms with van der Waals surface area (Å²) in [6, 6.07) is 16.2. The highest BCUT2D eigenvalue weighted by Gasteiger charge is 2.08. The molecule has 25 heavy (non-hydrogen) atoms. The topological polar surface area (TPSA) is 21.1 Å². The van der Waals surface area contributed by atoms with E-state index in [0.717, 1.165) is 30.9 Å². The Hall–Kier alpha value is -1.81. The summed E-state index contributed by atoms with van der Waals surface area (Å²) in [5.41, 5.74) is 2.43. The normalized spacial score (nSPS) is 11.2. The van der Waals surface area contributed by atoms with Crippen molar-refractivity contribution in [3.63, 3.8) is 0 Å². The average molecular weight is 374 g/mol. The standard InChI is InChI=1S/C20H21Cl2N3/c1-24(9-7-16-5-3-2-4-6-16)15-20-23-8-10-25(20)14-17-11-18(21)13-19(22)12-17/h2-6,8,10-13H,7,9,14-15H2,1H3. The van der Waals surface area contributed by atoms with Crippen LogP contribution in [0.3, 0.4) is 0 Å². The van der Waals surface area contributed by atoms with E-state index >= 15 is 0 Å². The fourth-order valence-electron chi connectivity index (χ4n) is 2.82. The Morgan fingerprint density at radius 1 is 1.00 bits per heavy atom. The van der Waals surface area contributed by atoms with Gasteiger partial charge in [0.2, 0.25) is 0 Å². The summed E-state index contributed by atoms with van der Waals surface area (Å²) >= 11 is 12.2. The van der Waals surface area contributed by atoms with E-state index in [4.69, 9.17) is 23.2 Å². The van der Waals surface area contributed by atoms with Gasteiger partial charge in [-0.05, 0) is 42.8 Å². The molecule has 0 saturated carbocycles. The molecule has 0 aliphatic rings. The van der Waals surface area contributed by atoms with Crippen molar-refractivity contribution in [3.05, 3.63) is 87.9 Å². The highest BCUT2D eigenvalue weighted by molar-refractivity contribution is 6.34. The van der Waals surface area contributed by atoms with Crippen LogP contribution in [-0.2, 0) is 19.5 Å². The maximum absolute atomic E-state index is 6.10. The van der Waals surface area contributed by atoms with Crippen molar-refractivity contribution >= 4 is 23.2 Å². The quantitative estimate of drug-likeness (QED) is 0.586. The first-order valence-corrected chi connectivity index (χ1v) is 9.03. The highest BCUT2D eigenvalue weighted by atomic mass is 35.5. The predicted octanol–water partition coefficient (Wildman–Crippen LogP) is 4.91. The van der Waals surface area contributed by atoms with Gasteiger partial charge in [-0.3, -0.25) is 4.90 Å². The van der Waals surface area contributed by atoms with Crippen LogP contribution >= 0.6 is 23.2 Å². The average Bonchev–Trinajstić information content (AvgIpc) is 3.00. The summed E-state index contributed by atoms with van der Waals surface area (Å²) in [5.74, 6) is 1.03.